The van der Waals surface area contributed by atoms with Crippen molar-refractivity contribution in [2.24, 2.45) is 0 Å². The fourth-order valence-corrected chi connectivity index (χ4v) is 1.59. The van der Waals surface area contributed by atoms with Crippen molar-refractivity contribution in [1.29, 1.82) is 0 Å². The number of hydrogen-bond acceptors (Lipinski definition) is 4. The molecule has 1 rings (SSSR count). The van der Waals surface area contributed by atoms with Crippen LogP contribution in [0.25, 0.3) is 0 Å². The Morgan fingerprint density at radius 2 is 2.11 bits per heavy atom. The van der Waals surface area contributed by atoms with Gasteiger partial charge in [0, 0.05) is 13.6 Å². The normalized spacial score (nSPS) is 10.1. The van der Waals surface area contributed by atoms with Crippen molar-refractivity contribution < 1.29 is 14.3 Å². The lowest BCUT2D eigenvalue weighted by atomic mass is 10.2. The van der Waals surface area contributed by atoms with Crippen molar-refractivity contribution in [3.8, 4) is 11.5 Å². The van der Waals surface area contributed by atoms with Crippen molar-refractivity contribution in [1.82, 2.24) is 10.6 Å². The fraction of sp³-hybridized carbons (Fsp3) is 0.500. The third-order valence-electron chi connectivity index (χ3n) is 2.67. The molecule has 5 heteroatoms. The van der Waals surface area contributed by atoms with Gasteiger partial charge in [-0.25, -0.2) is 0 Å². The van der Waals surface area contributed by atoms with E-state index in [1.54, 1.807) is 14.2 Å². The summed E-state index contributed by atoms with van der Waals surface area (Å²) in [4.78, 5) is 11.1. The maximum atomic E-state index is 11.1. The summed E-state index contributed by atoms with van der Waals surface area (Å²) in [5, 5.41) is 5.81. The van der Waals surface area contributed by atoms with E-state index in [0.29, 0.717) is 24.5 Å². The van der Waals surface area contributed by atoms with Gasteiger partial charge in [-0.1, -0.05) is 13.0 Å². The van der Waals surface area contributed by atoms with Crippen LogP contribution >= 0.6 is 0 Å². The van der Waals surface area contributed by atoms with Gasteiger partial charge in [0.25, 0.3) is 0 Å². The molecule has 1 aromatic carbocycles. The Morgan fingerprint density at radius 1 is 1.32 bits per heavy atom. The molecule has 0 aromatic heterocycles. The first-order valence-corrected chi connectivity index (χ1v) is 6.42. The van der Waals surface area contributed by atoms with Crippen LogP contribution in [0.5, 0.6) is 11.5 Å². The van der Waals surface area contributed by atoms with Gasteiger partial charge in [-0.2, -0.15) is 0 Å². The molecule has 2 N–H and O–H groups in total. The largest absolute Gasteiger partial charge is 0.493 e. The molecule has 0 saturated heterocycles. The number of nitrogens with one attached hydrogen (secondary N) is 2. The molecule has 0 fully saturated rings. The van der Waals surface area contributed by atoms with Crippen molar-refractivity contribution in [3.05, 3.63) is 23.8 Å². The van der Waals surface area contributed by atoms with Crippen molar-refractivity contribution in [2.75, 3.05) is 27.3 Å². The second-order valence-electron chi connectivity index (χ2n) is 4.04. The molecule has 0 spiro atoms. The molecule has 106 valence electrons. The summed E-state index contributed by atoms with van der Waals surface area (Å²) < 4.78 is 10.9. The molecule has 0 aliphatic rings. The van der Waals surface area contributed by atoms with E-state index in [1.807, 2.05) is 18.2 Å². The summed E-state index contributed by atoms with van der Waals surface area (Å²) in [6.45, 7) is 4.12. The zero-order chi connectivity index (χ0) is 14.1. The highest BCUT2D eigenvalue weighted by molar-refractivity contribution is 5.75. The summed E-state index contributed by atoms with van der Waals surface area (Å²) in [5.74, 6) is 1.31. The molecule has 0 unspecified atom stereocenters. The zero-order valence-corrected chi connectivity index (χ0v) is 11.8. The first-order chi connectivity index (χ1) is 9.21. The van der Waals surface area contributed by atoms with Gasteiger partial charge in [0.05, 0.1) is 20.1 Å². The van der Waals surface area contributed by atoms with Crippen LogP contribution in [0.4, 0.5) is 0 Å². The minimum atomic E-state index is -0.0391. The van der Waals surface area contributed by atoms with Gasteiger partial charge in [0.15, 0.2) is 11.5 Å². The molecule has 0 saturated carbocycles. The topological polar surface area (TPSA) is 59.6 Å². The van der Waals surface area contributed by atoms with Gasteiger partial charge in [0.2, 0.25) is 5.91 Å². The number of methoxy groups -OCH3 is 1. The van der Waals surface area contributed by atoms with Crippen LogP contribution in [0.3, 0.4) is 0 Å². The molecular formula is C14H22N2O3. The first kappa shape index (κ1) is 15.3. The summed E-state index contributed by atoms with van der Waals surface area (Å²) in [6.07, 6.45) is 0.332. The molecule has 0 aliphatic carbocycles. The summed E-state index contributed by atoms with van der Waals surface area (Å²) in [6, 6.07) is 5.80. The molecule has 0 atom stereocenters. The Kier molecular flexibility index (Phi) is 6.74. The average Bonchev–Trinajstić information content (AvgIpc) is 2.45. The fourth-order valence-electron chi connectivity index (χ4n) is 1.59. The zero-order valence-electron chi connectivity index (χ0n) is 11.8. The third-order valence-corrected chi connectivity index (χ3v) is 2.67. The molecule has 0 radical (unpaired) electrons. The van der Waals surface area contributed by atoms with Gasteiger partial charge in [0.1, 0.15) is 0 Å². The van der Waals surface area contributed by atoms with E-state index >= 15 is 0 Å². The van der Waals surface area contributed by atoms with Crippen molar-refractivity contribution in [2.45, 2.75) is 19.9 Å². The Balaban J connectivity index is 2.60. The van der Waals surface area contributed by atoms with Crippen LogP contribution in [0.1, 0.15) is 18.9 Å². The summed E-state index contributed by atoms with van der Waals surface area (Å²) in [5.41, 5.74) is 1.14. The number of carbonyl (C=O) groups excluding carboxylic acids is 1. The number of hydrogen-bond donors (Lipinski definition) is 2. The molecule has 1 aromatic rings. The Hall–Kier alpha value is -1.75. The van der Waals surface area contributed by atoms with E-state index in [0.717, 1.165) is 18.7 Å². The Morgan fingerprint density at radius 3 is 2.74 bits per heavy atom. The number of rotatable bonds is 8. The van der Waals surface area contributed by atoms with E-state index in [-0.39, 0.29) is 5.91 Å². The van der Waals surface area contributed by atoms with Crippen LogP contribution in [-0.4, -0.2) is 33.2 Å². The van der Waals surface area contributed by atoms with E-state index in [1.165, 1.54) is 0 Å². The Bertz CT molecular complexity index is 408. The lowest BCUT2D eigenvalue weighted by molar-refractivity contribution is -0.121. The number of ether oxygens (including phenoxy) is 2. The van der Waals surface area contributed by atoms with Crippen LogP contribution in [0, 0.1) is 0 Å². The molecule has 0 bridgehead atoms. The molecule has 0 aliphatic heterocycles. The lowest BCUT2D eigenvalue weighted by Gasteiger charge is -2.12. The minimum Gasteiger partial charge on any atom is -0.493 e. The highest BCUT2D eigenvalue weighted by atomic mass is 16.5. The molecule has 5 nitrogen and oxygen atoms in total. The average molecular weight is 266 g/mol. The second-order valence-corrected chi connectivity index (χ2v) is 4.04. The Labute approximate surface area is 114 Å². The quantitative estimate of drug-likeness (QED) is 0.745. The maximum absolute atomic E-state index is 11.1. The summed E-state index contributed by atoms with van der Waals surface area (Å²) >= 11 is 0. The smallest absolute Gasteiger partial charge is 0.223 e. The van der Waals surface area contributed by atoms with Crippen molar-refractivity contribution >= 4 is 5.91 Å². The van der Waals surface area contributed by atoms with Gasteiger partial charge in [-0.15, -0.1) is 0 Å². The standard InChI is InChI=1S/C14H22N2O3/c1-4-16-10-11-5-6-12(13(9-11)18-3)19-8-7-14(17)15-2/h5-6,9,16H,4,7-8,10H2,1-3H3,(H,15,17). The SMILES string of the molecule is CCNCc1ccc(OCCC(=O)NC)c(OC)c1. The van der Waals surface area contributed by atoms with Gasteiger partial charge in [-0.05, 0) is 24.2 Å². The minimum absolute atomic E-state index is 0.0391. The van der Waals surface area contributed by atoms with E-state index in [9.17, 15) is 4.79 Å². The van der Waals surface area contributed by atoms with Gasteiger partial charge < -0.3 is 20.1 Å². The van der Waals surface area contributed by atoms with Crippen molar-refractivity contribution in [3.63, 3.8) is 0 Å². The predicted molar refractivity (Wildman–Crippen MR) is 74.6 cm³/mol. The number of amides is 1. The second kappa shape index (κ2) is 8.37. The predicted octanol–water partition coefficient (Wildman–Crippen LogP) is 1.32. The van der Waals surface area contributed by atoms with E-state index in [4.69, 9.17) is 9.47 Å². The highest BCUT2D eigenvalue weighted by Gasteiger charge is 2.06. The highest BCUT2D eigenvalue weighted by Crippen LogP contribution is 2.28. The van der Waals surface area contributed by atoms with Crippen LogP contribution in [-0.2, 0) is 11.3 Å². The van der Waals surface area contributed by atoms with Crippen LogP contribution < -0.4 is 20.1 Å². The first-order valence-electron chi connectivity index (χ1n) is 6.42. The summed E-state index contributed by atoms with van der Waals surface area (Å²) in [7, 11) is 3.22. The molecule has 0 heterocycles. The van der Waals surface area contributed by atoms with Crippen LogP contribution in [0.15, 0.2) is 18.2 Å². The van der Waals surface area contributed by atoms with E-state index < -0.39 is 0 Å². The lowest BCUT2D eigenvalue weighted by Crippen LogP contribution is -2.20. The number of carbonyl (C=O) groups is 1. The molecule has 1 amide bonds. The molecule has 19 heavy (non-hydrogen) atoms. The van der Waals surface area contributed by atoms with Gasteiger partial charge >= 0.3 is 0 Å². The number of benzene rings is 1. The van der Waals surface area contributed by atoms with Gasteiger partial charge in [-0.3, -0.25) is 4.79 Å². The van der Waals surface area contributed by atoms with E-state index in [2.05, 4.69) is 17.6 Å². The maximum Gasteiger partial charge on any atom is 0.223 e. The van der Waals surface area contributed by atoms with Crippen LogP contribution in [0.2, 0.25) is 0 Å². The third kappa shape index (κ3) is 5.18. The monoisotopic (exact) mass is 266 g/mol. The molecular weight excluding hydrogens is 244 g/mol.